The fourth-order valence-electron chi connectivity index (χ4n) is 2.26. The summed E-state index contributed by atoms with van der Waals surface area (Å²) >= 11 is 3.36. The van der Waals surface area contributed by atoms with Crippen molar-refractivity contribution in [1.82, 2.24) is 5.43 Å². The predicted molar refractivity (Wildman–Crippen MR) is 97.5 cm³/mol. The molecule has 0 atom stereocenters. The molecule has 3 rings (SSSR count). The molecule has 0 saturated heterocycles. The van der Waals surface area contributed by atoms with E-state index >= 15 is 0 Å². The Kier molecular flexibility index (Phi) is 5.23. The van der Waals surface area contributed by atoms with E-state index in [2.05, 4.69) is 26.5 Å². The molecule has 2 aromatic carbocycles. The Bertz CT molecular complexity index is 821. The van der Waals surface area contributed by atoms with Gasteiger partial charge >= 0.3 is 0 Å². The molecule has 7 heteroatoms. The minimum Gasteiger partial charge on any atom is -0.490 e. The van der Waals surface area contributed by atoms with E-state index in [1.165, 1.54) is 0 Å². The van der Waals surface area contributed by atoms with Crippen LogP contribution in [0.1, 0.15) is 29.8 Å². The lowest BCUT2D eigenvalue weighted by atomic mass is 10.2. The summed E-state index contributed by atoms with van der Waals surface area (Å²) in [6.45, 7) is 4.03. The molecule has 2 aromatic rings. The van der Waals surface area contributed by atoms with Crippen LogP contribution in [0.2, 0.25) is 0 Å². The number of rotatable bonds is 5. The van der Waals surface area contributed by atoms with Crippen LogP contribution in [0.3, 0.4) is 0 Å². The largest absolute Gasteiger partial charge is 0.490 e. The van der Waals surface area contributed by atoms with Crippen molar-refractivity contribution >= 4 is 28.1 Å². The first-order chi connectivity index (χ1) is 12.0. The Morgan fingerprint density at radius 3 is 2.84 bits per heavy atom. The van der Waals surface area contributed by atoms with Crippen molar-refractivity contribution in [3.8, 4) is 17.2 Å². The second-order valence-corrected chi connectivity index (χ2v) is 6.53. The van der Waals surface area contributed by atoms with Gasteiger partial charge < -0.3 is 14.2 Å². The number of nitrogens with one attached hydrogen (secondary N) is 1. The van der Waals surface area contributed by atoms with Crippen LogP contribution >= 0.6 is 15.9 Å². The highest BCUT2D eigenvalue weighted by atomic mass is 79.9. The summed E-state index contributed by atoms with van der Waals surface area (Å²) < 4.78 is 17.0. The normalized spacial score (nSPS) is 12.6. The van der Waals surface area contributed by atoms with Gasteiger partial charge in [-0.1, -0.05) is 15.9 Å². The van der Waals surface area contributed by atoms with Gasteiger partial charge in [-0.3, -0.25) is 4.79 Å². The molecule has 0 radical (unpaired) electrons. The SMILES string of the molecule is CC(C)Oc1ccc(Br)cc1C(=O)NN=Cc1ccc2c(c1)OCO2. The molecular formula is C18H17BrN2O4. The maximum absolute atomic E-state index is 12.4. The third-order valence-corrected chi connectivity index (χ3v) is 3.82. The first-order valence-corrected chi connectivity index (χ1v) is 8.51. The average molecular weight is 405 g/mol. The minimum atomic E-state index is -0.353. The lowest BCUT2D eigenvalue weighted by Crippen LogP contribution is -2.20. The van der Waals surface area contributed by atoms with Gasteiger partial charge in [0.25, 0.3) is 5.91 Å². The van der Waals surface area contributed by atoms with Crippen LogP contribution in [-0.2, 0) is 0 Å². The highest BCUT2D eigenvalue weighted by Gasteiger charge is 2.15. The maximum atomic E-state index is 12.4. The van der Waals surface area contributed by atoms with E-state index in [1.54, 1.807) is 30.5 Å². The second-order valence-electron chi connectivity index (χ2n) is 5.62. The Morgan fingerprint density at radius 2 is 2.04 bits per heavy atom. The molecule has 1 amide bonds. The molecule has 0 bridgehead atoms. The highest BCUT2D eigenvalue weighted by molar-refractivity contribution is 9.10. The summed E-state index contributed by atoms with van der Waals surface area (Å²) in [4.78, 5) is 12.4. The van der Waals surface area contributed by atoms with E-state index in [-0.39, 0.29) is 18.8 Å². The average Bonchev–Trinajstić information content (AvgIpc) is 3.03. The quantitative estimate of drug-likeness (QED) is 0.608. The van der Waals surface area contributed by atoms with E-state index < -0.39 is 0 Å². The third-order valence-electron chi connectivity index (χ3n) is 3.33. The zero-order valence-electron chi connectivity index (χ0n) is 13.8. The minimum absolute atomic E-state index is 0.0372. The number of nitrogens with zero attached hydrogens (tertiary/aromatic N) is 1. The number of carbonyl (C=O) groups is 1. The van der Waals surface area contributed by atoms with E-state index in [4.69, 9.17) is 14.2 Å². The topological polar surface area (TPSA) is 69.2 Å². The monoisotopic (exact) mass is 404 g/mol. The van der Waals surface area contributed by atoms with E-state index in [0.717, 1.165) is 10.0 Å². The van der Waals surface area contributed by atoms with Crippen molar-refractivity contribution < 1.29 is 19.0 Å². The number of hydrogen-bond acceptors (Lipinski definition) is 5. The summed E-state index contributed by atoms with van der Waals surface area (Å²) in [5.41, 5.74) is 3.71. The fourth-order valence-corrected chi connectivity index (χ4v) is 2.62. The summed E-state index contributed by atoms with van der Waals surface area (Å²) in [5.74, 6) is 1.52. The maximum Gasteiger partial charge on any atom is 0.275 e. The molecule has 1 heterocycles. The number of fused-ring (bicyclic) bond motifs is 1. The van der Waals surface area contributed by atoms with Gasteiger partial charge in [0, 0.05) is 4.47 Å². The molecule has 0 aliphatic carbocycles. The summed E-state index contributed by atoms with van der Waals surface area (Å²) in [7, 11) is 0. The van der Waals surface area contributed by atoms with Crippen LogP contribution in [0.25, 0.3) is 0 Å². The van der Waals surface area contributed by atoms with Crippen molar-refractivity contribution in [2.45, 2.75) is 20.0 Å². The van der Waals surface area contributed by atoms with Gasteiger partial charge in [-0.25, -0.2) is 5.43 Å². The molecular weight excluding hydrogens is 388 g/mol. The first-order valence-electron chi connectivity index (χ1n) is 7.72. The number of benzene rings is 2. The number of hydrazone groups is 1. The molecule has 0 unspecified atom stereocenters. The number of ether oxygens (including phenoxy) is 3. The van der Waals surface area contributed by atoms with Crippen LogP contribution in [0.15, 0.2) is 46.0 Å². The van der Waals surface area contributed by atoms with Crippen molar-refractivity contribution in [3.63, 3.8) is 0 Å². The van der Waals surface area contributed by atoms with Gasteiger partial charge in [0.2, 0.25) is 6.79 Å². The standard InChI is InChI=1S/C18H17BrN2O4/c1-11(2)25-15-6-4-13(19)8-14(15)18(22)21-20-9-12-3-5-16-17(7-12)24-10-23-16/h3-9,11H,10H2,1-2H3,(H,21,22). The van der Waals surface area contributed by atoms with Crippen LogP contribution in [0, 0.1) is 0 Å². The van der Waals surface area contributed by atoms with Crippen molar-refractivity contribution in [3.05, 3.63) is 52.0 Å². The molecule has 6 nitrogen and oxygen atoms in total. The molecule has 1 aliphatic heterocycles. The van der Waals surface area contributed by atoms with Gasteiger partial charge in [-0.15, -0.1) is 0 Å². The molecule has 0 aromatic heterocycles. The van der Waals surface area contributed by atoms with E-state index in [1.807, 2.05) is 26.0 Å². The molecule has 0 fully saturated rings. The Hall–Kier alpha value is -2.54. The van der Waals surface area contributed by atoms with Gasteiger partial charge in [0.1, 0.15) is 5.75 Å². The number of halogens is 1. The molecule has 1 aliphatic rings. The number of carbonyl (C=O) groups excluding carboxylic acids is 1. The van der Waals surface area contributed by atoms with Crippen LogP contribution in [-0.4, -0.2) is 25.0 Å². The van der Waals surface area contributed by atoms with Crippen molar-refractivity contribution in [1.29, 1.82) is 0 Å². The van der Waals surface area contributed by atoms with E-state index in [0.29, 0.717) is 22.8 Å². The van der Waals surface area contributed by atoms with E-state index in [9.17, 15) is 4.79 Å². The second kappa shape index (κ2) is 7.57. The lowest BCUT2D eigenvalue weighted by Gasteiger charge is -2.13. The summed E-state index contributed by atoms with van der Waals surface area (Å²) in [6, 6.07) is 10.7. The zero-order chi connectivity index (χ0) is 17.8. The Balaban J connectivity index is 1.71. The summed E-state index contributed by atoms with van der Waals surface area (Å²) in [5, 5.41) is 4.00. The molecule has 0 saturated carbocycles. The van der Waals surface area contributed by atoms with Gasteiger partial charge in [-0.2, -0.15) is 5.10 Å². The number of amides is 1. The summed E-state index contributed by atoms with van der Waals surface area (Å²) in [6.07, 6.45) is 1.51. The predicted octanol–water partition coefficient (Wildman–Crippen LogP) is 3.73. The Morgan fingerprint density at radius 1 is 1.24 bits per heavy atom. The molecule has 1 N–H and O–H groups in total. The molecule has 130 valence electrons. The zero-order valence-corrected chi connectivity index (χ0v) is 15.4. The Labute approximate surface area is 153 Å². The van der Waals surface area contributed by atoms with Crippen molar-refractivity contribution in [2.24, 2.45) is 5.10 Å². The third kappa shape index (κ3) is 4.30. The van der Waals surface area contributed by atoms with Crippen LogP contribution < -0.4 is 19.6 Å². The fraction of sp³-hybridized carbons (Fsp3) is 0.222. The number of hydrogen-bond donors (Lipinski definition) is 1. The van der Waals surface area contributed by atoms with Crippen LogP contribution in [0.5, 0.6) is 17.2 Å². The molecule has 25 heavy (non-hydrogen) atoms. The first kappa shape index (κ1) is 17.3. The van der Waals surface area contributed by atoms with Gasteiger partial charge in [-0.05, 0) is 55.8 Å². The highest BCUT2D eigenvalue weighted by Crippen LogP contribution is 2.32. The van der Waals surface area contributed by atoms with Gasteiger partial charge in [0.15, 0.2) is 11.5 Å². The van der Waals surface area contributed by atoms with Crippen LogP contribution in [0.4, 0.5) is 0 Å². The van der Waals surface area contributed by atoms with Gasteiger partial charge in [0.05, 0.1) is 17.9 Å². The smallest absolute Gasteiger partial charge is 0.275 e. The lowest BCUT2D eigenvalue weighted by molar-refractivity contribution is 0.0949. The van der Waals surface area contributed by atoms with Crippen molar-refractivity contribution in [2.75, 3.05) is 6.79 Å². The molecule has 0 spiro atoms.